The van der Waals surface area contributed by atoms with Crippen molar-refractivity contribution in [2.24, 2.45) is 5.73 Å². The Kier molecular flexibility index (Phi) is 3.54. The zero-order chi connectivity index (χ0) is 12.3. The van der Waals surface area contributed by atoms with Gasteiger partial charge in [0.2, 0.25) is 0 Å². The molecule has 1 aromatic carbocycles. The van der Waals surface area contributed by atoms with E-state index in [1.54, 1.807) is 10.8 Å². The van der Waals surface area contributed by atoms with E-state index in [2.05, 4.69) is 0 Å². The van der Waals surface area contributed by atoms with E-state index in [0.717, 1.165) is 5.56 Å². The van der Waals surface area contributed by atoms with Gasteiger partial charge in [-0.15, -0.1) is 0 Å². The van der Waals surface area contributed by atoms with Crippen molar-refractivity contribution in [3.05, 3.63) is 29.8 Å². The highest BCUT2D eigenvalue weighted by molar-refractivity contribution is 7.90. The normalized spacial score (nSPS) is 11.4. The summed E-state index contributed by atoms with van der Waals surface area (Å²) in [4.78, 5) is 10.6. The van der Waals surface area contributed by atoms with E-state index in [9.17, 15) is 13.2 Å². The van der Waals surface area contributed by atoms with Crippen LogP contribution < -0.4 is 10.5 Å². The van der Waals surface area contributed by atoms with Crippen molar-refractivity contribution >= 4 is 16.1 Å². The van der Waals surface area contributed by atoms with E-state index in [1.165, 1.54) is 12.1 Å². The number of nitrogens with one attached hydrogen (secondary N) is 1. The van der Waals surface area contributed by atoms with Crippen LogP contribution >= 0.6 is 0 Å². The number of carbonyl (C=O) groups excluding carboxylic acids is 1. The molecule has 0 saturated carbocycles. The van der Waals surface area contributed by atoms with E-state index < -0.39 is 16.1 Å². The molecular formula is C10H14N2O3S. The Balaban J connectivity index is 3.14. The molecule has 0 atom stereocenters. The van der Waals surface area contributed by atoms with Crippen molar-refractivity contribution in [1.29, 1.82) is 0 Å². The average molecular weight is 242 g/mol. The van der Waals surface area contributed by atoms with Crippen LogP contribution in [0.3, 0.4) is 0 Å². The van der Waals surface area contributed by atoms with Crippen LogP contribution in [0, 0.1) is 0 Å². The van der Waals surface area contributed by atoms with Crippen molar-refractivity contribution in [3.63, 3.8) is 0 Å². The largest absolute Gasteiger partial charge is 0.351 e. The minimum absolute atomic E-state index is 0.0394. The molecule has 88 valence electrons. The first-order chi connectivity index (χ1) is 7.33. The summed E-state index contributed by atoms with van der Waals surface area (Å²) >= 11 is 0. The Labute approximate surface area is 94.7 Å². The second-order valence-corrected chi connectivity index (χ2v) is 5.38. The number of sulfonamides is 1. The van der Waals surface area contributed by atoms with Gasteiger partial charge in [-0.05, 0) is 23.6 Å². The van der Waals surface area contributed by atoms with Gasteiger partial charge in [0.1, 0.15) is 0 Å². The molecule has 0 aliphatic carbocycles. The van der Waals surface area contributed by atoms with E-state index in [-0.39, 0.29) is 10.8 Å². The molecule has 0 unspecified atom stereocenters. The van der Waals surface area contributed by atoms with Crippen LogP contribution in [-0.4, -0.2) is 14.4 Å². The van der Waals surface area contributed by atoms with Gasteiger partial charge < -0.3 is 5.73 Å². The first-order valence-electron chi connectivity index (χ1n) is 4.75. The predicted octanol–water partition coefficient (Wildman–Crippen LogP) is 1.17. The highest BCUT2D eigenvalue weighted by atomic mass is 32.2. The molecule has 16 heavy (non-hydrogen) atoms. The van der Waals surface area contributed by atoms with Gasteiger partial charge in [-0.3, -0.25) is 0 Å². The number of benzene rings is 1. The quantitative estimate of drug-likeness (QED) is 0.833. The molecule has 0 aliphatic heterocycles. The second kappa shape index (κ2) is 4.52. The number of hydrogen-bond donors (Lipinski definition) is 2. The van der Waals surface area contributed by atoms with Crippen molar-refractivity contribution < 1.29 is 13.2 Å². The molecule has 1 rings (SSSR count). The van der Waals surface area contributed by atoms with Crippen LogP contribution in [0.1, 0.15) is 25.3 Å². The molecule has 0 spiro atoms. The van der Waals surface area contributed by atoms with Gasteiger partial charge in [0.05, 0.1) is 4.90 Å². The fraction of sp³-hybridized carbons (Fsp3) is 0.300. The molecular weight excluding hydrogens is 228 g/mol. The molecule has 0 heterocycles. The molecule has 0 saturated heterocycles. The minimum atomic E-state index is -3.84. The van der Waals surface area contributed by atoms with Crippen LogP contribution in [0.25, 0.3) is 0 Å². The summed E-state index contributed by atoms with van der Waals surface area (Å²) in [5, 5.41) is 0. The van der Waals surface area contributed by atoms with Crippen molar-refractivity contribution in [3.8, 4) is 0 Å². The van der Waals surface area contributed by atoms with Gasteiger partial charge in [0.15, 0.2) is 0 Å². The van der Waals surface area contributed by atoms with Crippen LogP contribution in [-0.2, 0) is 10.0 Å². The number of amides is 2. The zero-order valence-corrected chi connectivity index (χ0v) is 9.91. The SMILES string of the molecule is CC(C)c1cccc(S(=O)(=O)NC(N)=O)c1. The fourth-order valence-electron chi connectivity index (χ4n) is 1.23. The van der Waals surface area contributed by atoms with Crippen LogP contribution in [0.2, 0.25) is 0 Å². The Bertz CT molecular complexity index is 495. The molecule has 5 nitrogen and oxygen atoms in total. The zero-order valence-electron chi connectivity index (χ0n) is 9.10. The number of nitrogens with two attached hydrogens (primary N) is 1. The monoisotopic (exact) mass is 242 g/mol. The van der Waals surface area contributed by atoms with E-state index >= 15 is 0 Å². The number of hydrogen-bond acceptors (Lipinski definition) is 3. The molecule has 0 aromatic heterocycles. The summed E-state index contributed by atoms with van der Waals surface area (Å²) in [5.41, 5.74) is 5.67. The van der Waals surface area contributed by atoms with Gasteiger partial charge >= 0.3 is 6.03 Å². The lowest BCUT2D eigenvalue weighted by atomic mass is 10.0. The molecule has 3 N–H and O–H groups in total. The Morgan fingerprint density at radius 2 is 2.00 bits per heavy atom. The van der Waals surface area contributed by atoms with E-state index in [1.807, 2.05) is 19.9 Å². The highest BCUT2D eigenvalue weighted by Gasteiger charge is 2.16. The fourth-order valence-corrected chi connectivity index (χ4v) is 2.16. The standard InChI is InChI=1S/C10H14N2O3S/c1-7(2)8-4-3-5-9(6-8)16(14,15)12-10(11)13/h3-7H,1-2H3,(H3,11,12,13). The maximum atomic E-state index is 11.6. The lowest BCUT2D eigenvalue weighted by Gasteiger charge is -2.08. The maximum Gasteiger partial charge on any atom is 0.326 e. The number of carbonyl (C=O) groups is 1. The molecule has 2 amide bonds. The van der Waals surface area contributed by atoms with Crippen molar-refractivity contribution in [2.45, 2.75) is 24.7 Å². The summed E-state index contributed by atoms with van der Waals surface area (Å²) in [7, 11) is -3.84. The summed E-state index contributed by atoms with van der Waals surface area (Å²) in [5.74, 6) is 0.212. The third-order valence-electron chi connectivity index (χ3n) is 2.07. The smallest absolute Gasteiger partial charge is 0.326 e. The number of rotatable bonds is 3. The lowest BCUT2D eigenvalue weighted by Crippen LogP contribution is -2.34. The first kappa shape index (κ1) is 12.5. The summed E-state index contributed by atoms with van der Waals surface area (Å²) in [6, 6.07) is 5.31. The van der Waals surface area contributed by atoms with Gasteiger partial charge in [0, 0.05) is 0 Å². The molecule has 6 heteroatoms. The average Bonchev–Trinajstić information content (AvgIpc) is 2.16. The molecule has 0 radical (unpaired) electrons. The summed E-state index contributed by atoms with van der Waals surface area (Å²) < 4.78 is 24.9. The third-order valence-corrected chi connectivity index (χ3v) is 3.41. The second-order valence-electron chi connectivity index (χ2n) is 3.70. The third kappa shape index (κ3) is 2.96. The Morgan fingerprint density at radius 1 is 1.38 bits per heavy atom. The lowest BCUT2D eigenvalue weighted by molar-refractivity contribution is 0.253. The maximum absolute atomic E-state index is 11.6. The van der Waals surface area contributed by atoms with E-state index in [0.29, 0.717) is 0 Å². The van der Waals surface area contributed by atoms with E-state index in [4.69, 9.17) is 5.73 Å². The minimum Gasteiger partial charge on any atom is -0.351 e. The van der Waals surface area contributed by atoms with Gasteiger partial charge in [-0.1, -0.05) is 26.0 Å². The molecule has 0 fully saturated rings. The predicted molar refractivity (Wildman–Crippen MR) is 60.4 cm³/mol. The Morgan fingerprint density at radius 3 is 2.50 bits per heavy atom. The first-order valence-corrected chi connectivity index (χ1v) is 6.23. The highest BCUT2D eigenvalue weighted by Crippen LogP contribution is 2.18. The van der Waals surface area contributed by atoms with Crippen LogP contribution in [0.4, 0.5) is 4.79 Å². The molecule has 1 aromatic rings. The van der Waals surface area contributed by atoms with Gasteiger partial charge in [-0.25, -0.2) is 17.9 Å². The summed E-state index contributed by atoms with van der Waals surface area (Å²) in [6.07, 6.45) is 0. The Hall–Kier alpha value is -1.56. The van der Waals surface area contributed by atoms with Crippen LogP contribution in [0.5, 0.6) is 0 Å². The molecule has 0 aliphatic rings. The molecule has 0 bridgehead atoms. The van der Waals surface area contributed by atoms with Gasteiger partial charge in [-0.2, -0.15) is 0 Å². The van der Waals surface area contributed by atoms with Crippen molar-refractivity contribution in [1.82, 2.24) is 4.72 Å². The summed E-state index contributed by atoms with van der Waals surface area (Å²) in [6.45, 7) is 3.90. The van der Waals surface area contributed by atoms with Gasteiger partial charge in [0.25, 0.3) is 10.0 Å². The topological polar surface area (TPSA) is 89.3 Å². The number of primary amides is 1. The van der Waals surface area contributed by atoms with Crippen LogP contribution in [0.15, 0.2) is 29.2 Å². The number of urea groups is 1. The van der Waals surface area contributed by atoms with Crippen molar-refractivity contribution in [2.75, 3.05) is 0 Å².